The van der Waals surface area contributed by atoms with Gasteiger partial charge in [0.2, 0.25) is 0 Å². The Morgan fingerprint density at radius 3 is 2.39 bits per heavy atom. The molecule has 120 valence electrons. The third-order valence-electron chi connectivity index (χ3n) is 5.67. The summed E-state index contributed by atoms with van der Waals surface area (Å²) in [5.41, 5.74) is 2.57. The zero-order valence-electron chi connectivity index (χ0n) is 13.1. The Hall–Kier alpha value is -1.35. The molecule has 2 nitrogen and oxygen atoms in total. The molecule has 0 unspecified atom stereocenters. The molecule has 0 radical (unpaired) electrons. The predicted molar refractivity (Wildman–Crippen MR) is 92.7 cm³/mol. The topological polar surface area (TPSA) is 23.5 Å². The second-order valence-electron chi connectivity index (χ2n) is 6.86. The Kier molecular flexibility index (Phi) is 4.14. The van der Waals surface area contributed by atoms with Crippen molar-refractivity contribution >= 4 is 11.6 Å². The molecule has 1 saturated heterocycles. The van der Waals surface area contributed by atoms with Gasteiger partial charge in [0.1, 0.15) is 0 Å². The number of hydroxylamine groups is 2. The van der Waals surface area contributed by atoms with Crippen LogP contribution in [0.2, 0.25) is 5.02 Å². The number of piperidine rings is 1. The van der Waals surface area contributed by atoms with Crippen molar-refractivity contribution in [1.29, 1.82) is 0 Å². The SMILES string of the molecule is ON1[C@@H](c2ccccc2)C[C@@H](c2ccc(Cl)cc2)[C@@H]2CCC[C@@H]21. The molecule has 0 aromatic heterocycles. The molecular weight excluding hydrogens is 306 g/mol. The standard InChI is InChI=1S/C20H22ClNO/c21-16-11-9-14(10-12-16)18-13-20(15-5-2-1-3-6-15)22(23)19-8-4-7-17(18)19/h1-3,5-6,9-12,17-20,23H,4,7-8,13H2/t17-,18-,19-,20+/m0/s1. The first-order chi connectivity index (χ1) is 11.2. The maximum atomic E-state index is 10.8. The summed E-state index contributed by atoms with van der Waals surface area (Å²) < 4.78 is 0. The van der Waals surface area contributed by atoms with Crippen LogP contribution in [-0.2, 0) is 0 Å². The maximum Gasteiger partial charge on any atom is 0.0608 e. The van der Waals surface area contributed by atoms with Crippen molar-refractivity contribution < 1.29 is 5.21 Å². The van der Waals surface area contributed by atoms with E-state index in [-0.39, 0.29) is 12.1 Å². The lowest BCUT2D eigenvalue weighted by atomic mass is 9.74. The maximum absolute atomic E-state index is 10.8. The Balaban J connectivity index is 1.69. The van der Waals surface area contributed by atoms with Crippen molar-refractivity contribution in [2.24, 2.45) is 5.92 Å². The molecule has 1 aliphatic heterocycles. The quantitative estimate of drug-likeness (QED) is 0.795. The van der Waals surface area contributed by atoms with E-state index >= 15 is 0 Å². The molecular formula is C20H22ClNO. The molecule has 2 fully saturated rings. The van der Waals surface area contributed by atoms with Gasteiger partial charge in [-0.15, -0.1) is 0 Å². The fourth-order valence-corrected chi connectivity index (χ4v) is 4.70. The van der Waals surface area contributed by atoms with E-state index in [1.807, 2.05) is 18.2 Å². The van der Waals surface area contributed by atoms with Gasteiger partial charge < -0.3 is 5.21 Å². The van der Waals surface area contributed by atoms with Crippen molar-refractivity contribution in [1.82, 2.24) is 5.06 Å². The van der Waals surface area contributed by atoms with Crippen LogP contribution in [0.5, 0.6) is 0 Å². The number of hydrogen-bond acceptors (Lipinski definition) is 2. The van der Waals surface area contributed by atoms with Gasteiger partial charge >= 0.3 is 0 Å². The van der Waals surface area contributed by atoms with Crippen LogP contribution in [0.3, 0.4) is 0 Å². The summed E-state index contributed by atoms with van der Waals surface area (Å²) in [5.74, 6) is 1.04. The number of rotatable bonds is 2. The minimum atomic E-state index is 0.0798. The molecule has 23 heavy (non-hydrogen) atoms. The van der Waals surface area contributed by atoms with Crippen LogP contribution in [0.25, 0.3) is 0 Å². The van der Waals surface area contributed by atoms with Crippen LogP contribution in [0, 0.1) is 5.92 Å². The Morgan fingerprint density at radius 1 is 0.913 bits per heavy atom. The summed E-state index contributed by atoms with van der Waals surface area (Å²) in [6.45, 7) is 0. The third kappa shape index (κ3) is 2.80. The molecule has 0 bridgehead atoms. The Bertz CT molecular complexity index is 657. The van der Waals surface area contributed by atoms with E-state index in [1.165, 1.54) is 24.0 Å². The fraction of sp³-hybridized carbons (Fsp3) is 0.400. The highest BCUT2D eigenvalue weighted by atomic mass is 35.5. The van der Waals surface area contributed by atoms with Gasteiger partial charge in [0.25, 0.3) is 0 Å². The van der Waals surface area contributed by atoms with Gasteiger partial charge in [-0.2, -0.15) is 5.06 Å². The van der Waals surface area contributed by atoms with Crippen molar-refractivity contribution in [3.05, 3.63) is 70.7 Å². The van der Waals surface area contributed by atoms with Crippen LogP contribution < -0.4 is 0 Å². The van der Waals surface area contributed by atoms with Gasteiger partial charge in [-0.1, -0.05) is 60.5 Å². The first-order valence-electron chi connectivity index (χ1n) is 8.51. The Labute approximate surface area is 142 Å². The zero-order valence-corrected chi connectivity index (χ0v) is 13.9. The van der Waals surface area contributed by atoms with Crippen LogP contribution in [-0.4, -0.2) is 16.3 Å². The third-order valence-corrected chi connectivity index (χ3v) is 5.92. The van der Waals surface area contributed by atoms with Gasteiger partial charge in [-0.05, 0) is 54.4 Å². The average molecular weight is 328 g/mol. The molecule has 2 aromatic carbocycles. The lowest BCUT2D eigenvalue weighted by Gasteiger charge is -2.44. The smallest absolute Gasteiger partial charge is 0.0608 e. The highest BCUT2D eigenvalue weighted by molar-refractivity contribution is 6.30. The molecule has 1 heterocycles. The monoisotopic (exact) mass is 327 g/mol. The summed E-state index contributed by atoms with van der Waals surface area (Å²) >= 11 is 6.06. The minimum Gasteiger partial charge on any atom is -0.313 e. The second kappa shape index (κ2) is 6.27. The number of hydrogen-bond donors (Lipinski definition) is 1. The van der Waals surface area contributed by atoms with E-state index < -0.39 is 0 Å². The summed E-state index contributed by atoms with van der Waals surface area (Å²) in [4.78, 5) is 0. The van der Waals surface area contributed by atoms with E-state index in [0.717, 1.165) is 17.9 Å². The molecule has 1 saturated carbocycles. The normalized spacial score (nSPS) is 31.0. The second-order valence-corrected chi connectivity index (χ2v) is 7.30. The van der Waals surface area contributed by atoms with Crippen molar-refractivity contribution in [3.63, 3.8) is 0 Å². The van der Waals surface area contributed by atoms with Gasteiger partial charge in [-0.3, -0.25) is 0 Å². The summed E-state index contributed by atoms with van der Waals surface area (Å²) in [7, 11) is 0. The first-order valence-corrected chi connectivity index (χ1v) is 8.89. The Morgan fingerprint density at radius 2 is 1.65 bits per heavy atom. The van der Waals surface area contributed by atoms with Crippen molar-refractivity contribution in [2.75, 3.05) is 0 Å². The highest BCUT2D eigenvalue weighted by Crippen LogP contribution is 2.50. The molecule has 1 aliphatic carbocycles. The summed E-state index contributed by atoms with van der Waals surface area (Å²) in [6, 6.07) is 19.1. The average Bonchev–Trinajstić information content (AvgIpc) is 3.07. The van der Waals surface area contributed by atoms with E-state index in [0.29, 0.717) is 11.8 Å². The van der Waals surface area contributed by atoms with E-state index in [9.17, 15) is 5.21 Å². The highest BCUT2D eigenvalue weighted by Gasteiger charge is 2.45. The number of nitrogens with zero attached hydrogens (tertiary/aromatic N) is 1. The lowest BCUT2D eigenvalue weighted by Crippen LogP contribution is -2.45. The van der Waals surface area contributed by atoms with Crippen LogP contribution in [0.4, 0.5) is 0 Å². The molecule has 2 aliphatic rings. The molecule has 2 aromatic rings. The summed E-state index contributed by atoms with van der Waals surface area (Å²) in [5, 5.41) is 13.3. The van der Waals surface area contributed by atoms with Gasteiger partial charge in [0.15, 0.2) is 0 Å². The number of halogens is 1. The molecule has 0 spiro atoms. The fourth-order valence-electron chi connectivity index (χ4n) is 4.58. The molecule has 0 amide bonds. The first kappa shape index (κ1) is 15.2. The number of fused-ring (bicyclic) bond motifs is 1. The van der Waals surface area contributed by atoms with Gasteiger partial charge in [-0.25, -0.2) is 0 Å². The lowest BCUT2D eigenvalue weighted by molar-refractivity contribution is -0.193. The van der Waals surface area contributed by atoms with E-state index in [2.05, 4.69) is 36.4 Å². The van der Waals surface area contributed by atoms with Gasteiger partial charge in [0, 0.05) is 11.1 Å². The number of benzene rings is 2. The predicted octanol–water partition coefficient (Wildman–Crippen LogP) is 5.43. The van der Waals surface area contributed by atoms with Gasteiger partial charge in [0.05, 0.1) is 6.04 Å². The minimum absolute atomic E-state index is 0.0798. The molecule has 4 atom stereocenters. The van der Waals surface area contributed by atoms with E-state index in [1.54, 1.807) is 5.06 Å². The van der Waals surface area contributed by atoms with E-state index in [4.69, 9.17) is 11.6 Å². The van der Waals surface area contributed by atoms with Crippen LogP contribution in [0.15, 0.2) is 54.6 Å². The van der Waals surface area contributed by atoms with Crippen LogP contribution in [0.1, 0.15) is 48.8 Å². The molecule has 3 heteroatoms. The largest absolute Gasteiger partial charge is 0.313 e. The zero-order chi connectivity index (χ0) is 15.8. The van der Waals surface area contributed by atoms with Crippen LogP contribution >= 0.6 is 11.6 Å². The van der Waals surface area contributed by atoms with Crippen molar-refractivity contribution in [3.8, 4) is 0 Å². The van der Waals surface area contributed by atoms with Crippen molar-refractivity contribution in [2.45, 2.75) is 43.7 Å². The molecule has 4 rings (SSSR count). The molecule has 1 N–H and O–H groups in total. The summed E-state index contributed by atoms with van der Waals surface area (Å²) in [6.07, 6.45) is 4.46.